The van der Waals surface area contributed by atoms with Crippen molar-refractivity contribution in [3.63, 3.8) is 0 Å². The molecule has 0 radical (unpaired) electrons. The van der Waals surface area contributed by atoms with Gasteiger partial charge in [-0.2, -0.15) is 9.32 Å². The molecule has 12 nitrogen and oxygen atoms in total. The van der Waals surface area contributed by atoms with Crippen molar-refractivity contribution in [2.75, 3.05) is 19.0 Å². The summed E-state index contributed by atoms with van der Waals surface area (Å²) in [6, 6.07) is 19.9. The molecule has 0 aliphatic heterocycles. The van der Waals surface area contributed by atoms with Gasteiger partial charge in [-0.1, -0.05) is 67.8 Å². The van der Waals surface area contributed by atoms with Crippen LogP contribution in [0.3, 0.4) is 0 Å². The van der Waals surface area contributed by atoms with Gasteiger partial charge in [0.25, 0.3) is 11.1 Å². The van der Waals surface area contributed by atoms with Crippen LogP contribution in [0.15, 0.2) is 87.8 Å². The summed E-state index contributed by atoms with van der Waals surface area (Å²) in [5.41, 5.74) is 6.76. The van der Waals surface area contributed by atoms with Crippen molar-refractivity contribution in [1.82, 2.24) is 29.1 Å². The number of pyridine rings is 2. The third-order valence-electron chi connectivity index (χ3n) is 9.97. The number of rotatable bonds is 10. The Balaban J connectivity index is 0.000000185. The average molecular weight is 736 g/mol. The maximum atomic E-state index is 13.0. The van der Waals surface area contributed by atoms with Gasteiger partial charge in [-0.05, 0) is 61.1 Å². The number of fused-ring (bicyclic) bond motifs is 2. The largest absolute Gasteiger partial charge is 0.394 e. The molecule has 2 N–H and O–H groups in total. The van der Waals surface area contributed by atoms with Gasteiger partial charge >= 0.3 is 0 Å². The van der Waals surface area contributed by atoms with E-state index in [1.165, 1.54) is 24.7 Å². The number of hydrogen-bond donors (Lipinski definition) is 2. The fourth-order valence-electron chi connectivity index (χ4n) is 6.85. The van der Waals surface area contributed by atoms with Gasteiger partial charge in [-0.3, -0.25) is 18.7 Å². The van der Waals surface area contributed by atoms with Crippen LogP contribution in [0, 0.1) is 13.8 Å². The number of nitrogens with one attached hydrogen (secondary N) is 1. The van der Waals surface area contributed by atoms with E-state index < -0.39 is 0 Å². The minimum atomic E-state index is -0.366. The fraction of sp³-hybridized carbons (Fsp3) is 0.350. The summed E-state index contributed by atoms with van der Waals surface area (Å²) in [5.74, 6) is 0.468. The summed E-state index contributed by atoms with van der Waals surface area (Å²) in [4.78, 5) is 47.8. The Kier molecular flexibility index (Phi) is 12.0. The van der Waals surface area contributed by atoms with Gasteiger partial charge in [0.2, 0.25) is 11.1 Å². The molecule has 2 aromatic carbocycles. The molecule has 4 aromatic heterocycles. The van der Waals surface area contributed by atoms with E-state index in [0.717, 1.165) is 70.8 Å². The van der Waals surface area contributed by atoms with Crippen LogP contribution >= 0.6 is 12.0 Å². The highest BCUT2D eigenvalue weighted by Crippen LogP contribution is 2.31. The maximum Gasteiger partial charge on any atom is 0.255 e. The van der Waals surface area contributed by atoms with Gasteiger partial charge in [0.05, 0.1) is 19.3 Å². The van der Waals surface area contributed by atoms with E-state index in [1.54, 1.807) is 35.6 Å². The van der Waals surface area contributed by atoms with E-state index in [0.29, 0.717) is 35.2 Å². The van der Waals surface area contributed by atoms with Crippen molar-refractivity contribution >= 4 is 40.1 Å². The fourth-order valence-corrected chi connectivity index (χ4v) is 7.19. The topological polar surface area (TPSA) is 146 Å². The number of aliphatic hydroxyl groups is 1. The molecule has 0 amide bonds. The van der Waals surface area contributed by atoms with Crippen LogP contribution < -0.4 is 16.4 Å². The molecule has 0 spiro atoms. The third-order valence-corrected chi connectivity index (χ3v) is 10.5. The minimum Gasteiger partial charge on any atom is -0.394 e. The standard InChI is InChI=1S/C23H28N4O2.C17H17N3O3S/c1-16-8-4-5-9-17(16)12-18-13-19-14-24-22(25-20(19)27(2)21(18)29)26-23(15-28)10-6-3-7-11-23;1-11-6-4-5-7-12(11)8-13-9-14-10-18-17(24-23-22-3)19-15(14)20(2)16(13)21/h4-5,8-9,13-14,28H,3,6-7,10-12,15H2,1-2H3,(H,24,25,26);4-7,9-10H,8H2,1-3H3. The van der Waals surface area contributed by atoms with Gasteiger partial charge in [-0.25, -0.2) is 19.8 Å². The summed E-state index contributed by atoms with van der Waals surface area (Å²) < 4.78 is 7.90. The molecule has 1 aliphatic carbocycles. The quantitative estimate of drug-likeness (QED) is 0.0723. The zero-order valence-electron chi connectivity index (χ0n) is 30.8. The molecule has 1 saturated carbocycles. The predicted molar refractivity (Wildman–Crippen MR) is 208 cm³/mol. The molecule has 0 atom stereocenters. The average Bonchev–Trinajstić information content (AvgIpc) is 3.17. The molecule has 53 heavy (non-hydrogen) atoms. The molecular formula is C40H45N7O5S. The van der Waals surface area contributed by atoms with Crippen molar-refractivity contribution in [1.29, 1.82) is 0 Å². The minimum absolute atomic E-state index is 0.0417. The zero-order valence-corrected chi connectivity index (χ0v) is 31.6. The smallest absolute Gasteiger partial charge is 0.255 e. The van der Waals surface area contributed by atoms with Crippen LogP contribution in [0.25, 0.3) is 22.1 Å². The molecule has 276 valence electrons. The molecule has 6 aromatic rings. The summed E-state index contributed by atoms with van der Waals surface area (Å²) in [5, 5.41) is 15.3. The van der Waals surface area contributed by atoms with Crippen LogP contribution in [0.5, 0.6) is 0 Å². The summed E-state index contributed by atoms with van der Waals surface area (Å²) >= 11 is 0.899. The summed E-state index contributed by atoms with van der Waals surface area (Å²) in [6.07, 6.45) is 9.79. The number of aryl methyl sites for hydroxylation is 4. The Morgan fingerprint density at radius 2 is 1.30 bits per heavy atom. The number of aromatic nitrogens is 6. The lowest BCUT2D eigenvalue weighted by Crippen LogP contribution is -2.44. The third kappa shape index (κ3) is 8.65. The lowest BCUT2D eigenvalue weighted by Gasteiger charge is -2.36. The van der Waals surface area contributed by atoms with Crippen molar-refractivity contribution in [2.24, 2.45) is 14.1 Å². The Morgan fingerprint density at radius 3 is 1.83 bits per heavy atom. The van der Waals surface area contributed by atoms with Crippen LogP contribution in [0.1, 0.15) is 65.5 Å². The second-order valence-corrected chi connectivity index (χ2v) is 14.3. The predicted octanol–water partition coefficient (Wildman–Crippen LogP) is 6.15. The van der Waals surface area contributed by atoms with E-state index in [1.807, 2.05) is 55.5 Å². The second kappa shape index (κ2) is 16.8. The maximum absolute atomic E-state index is 13.0. The van der Waals surface area contributed by atoms with Crippen molar-refractivity contribution in [3.05, 3.63) is 127 Å². The number of anilines is 1. The van der Waals surface area contributed by atoms with E-state index in [4.69, 9.17) is 4.33 Å². The SMILES string of the molecule is COOSc1ncc2cc(Cc3ccccc3C)c(=O)n(C)c2n1.Cc1ccccc1Cc1cc2cnc(NC3(CO)CCCCC3)nc2n(C)c1=O. The Bertz CT molecular complexity index is 2350. The Hall–Kier alpha value is -4.95. The summed E-state index contributed by atoms with van der Waals surface area (Å²) in [6.45, 7) is 4.16. The molecule has 0 bridgehead atoms. The lowest BCUT2D eigenvalue weighted by molar-refractivity contribution is -0.160. The number of hydrogen-bond acceptors (Lipinski definition) is 11. The first-order valence-corrected chi connectivity index (χ1v) is 18.4. The van der Waals surface area contributed by atoms with Gasteiger partial charge in [-0.15, -0.1) is 0 Å². The van der Waals surface area contributed by atoms with Crippen LogP contribution in [-0.2, 0) is 36.2 Å². The van der Waals surface area contributed by atoms with Gasteiger partial charge in [0, 0.05) is 61.2 Å². The van der Waals surface area contributed by atoms with E-state index in [2.05, 4.69) is 49.2 Å². The van der Waals surface area contributed by atoms with E-state index >= 15 is 0 Å². The van der Waals surface area contributed by atoms with Crippen LogP contribution in [-0.4, -0.2) is 53.4 Å². The van der Waals surface area contributed by atoms with Gasteiger partial charge in [0.1, 0.15) is 23.3 Å². The van der Waals surface area contributed by atoms with Crippen molar-refractivity contribution in [3.8, 4) is 0 Å². The monoisotopic (exact) mass is 735 g/mol. The van der Waals surface area contributed by atoms with Crippen molar-refractivity contribution in [2.45, 2.75) is 69.5 Å². The highest BCUT2D eigenvalue weighted by Gasteiger charge is 2.32. The Morgan fingerprint density at radius 1 is 0.774 bits per heavy atom. The Labute approximate surface area is 312 Å². The number of aliphatic hydroxyl groups excluding tert-OH is 1. The van der Waals surface area contributed by atoms with E-state index in [9.17, 15) is 14.7 Å². The van der Waals surface area contributed by atoms with E-state index in [-0.39, 0.29) is 23.3 Å². The molecule has 1 aliphatic rings. The van der Waals surface area contributed by atoms with Gasteiger partial charge < -0.3 is 10.4 Å². The van der Waals surface area contributed by atoms with Crippen LogP contribution in [0.2, 0.25) is 0 Å². The normalized spacial score (nSPS) is 13.8. The highest BCUT2D eigenvalue weighted by atomic mass is 32.2. The highest BCUT2D eigenvalue weighted by molar-refractivity contribution is 7.94. The molecular weight excluding hydrogens is 691 g/mol. The summed E-state index contributed by atoms with van der Waals surface area (Å²) in [7, 11) is 4.87. The first-order chi connectivity index (χ1) is 25.6. The number of nitrogens with zero attached hydrogens (tertiary/aromatic N) is 6. The molecule has 1 fully saturated rings. The molecule has 7 rings (SSSR count). The molecule has 4 heterocycles. The van der Waals surface area contributed by atoms with Gasteiger partial charge in [0.15, 0.2) is 0 Å². The molecule has 0 unspecified atom stereocenters. The first-order valence-electron chi connectivity index (χ1n) is 17.7. The number of benzene rings is 2. The van der Waals surface area contributed by atoms with Crippen molar-refractivity contribution < 1.29 is 14.3 Å². The second-order valence-electron chi connectivity index (χ2n) is 13.6. The van der Waals surface area contributed by atoms with Crippen LogP contribution in [0.4, 0.5) is 5.95 Å². The molecule has 13 heteroatoms. The zero-order chi connectivity index (χ0) is 37.5. The lowest BCUT2D eigenvalue weighted by atomic mass is 9.82. The molecule has 0 saturated heterocycles. The first kappa shape index (κ1) is 37.8.